The molecule has 0 aliphatic heterocycles. The van der Waals surface area contributed by atoms with Gasteiger partial charge < -0.3 is 15.7 Å². The van der Waals surface area contributed by atoms with Crippen molar-refractivity contribution in [3.63, 3.8) is 0 Å². The summed E-state index contributed by atoms with van der Waals surface area (Å²) in [5.74, 6) is 0.275. The Hall–Kier alpha value is -1.32. The molecule has 0 saturated heterocycles. The third-order valence-electron chi connectivity index (χ3n) is 1.96. The first-order chi connectivity index (χ1) is 7.24. The van der Waals surface area contributed by atoms with E-state index in [1.54, 1.807) is 0 Å². The Balaban J connectivity index is 2.95. The summed E-state index contributed by atoms with van der Waals surface area (Å²) in [7, 11) is 0. The van der Waals surface area contributed by atoms with Crippen LogP contribution in [0.3, 0.4) is 0 Å². The molecule has 1 heterocycles. The monoisotopic (exact) mass is 226 g/mol. The van der Waals surface area contributed by atoms with Crippen molar-refractivity contribution in [2.24, 2.45) is 0 Å². The lowest BCUT2D eigenvalue weighted by molar-refractivity contribution is 0.302. The average molecular weight is 226 g/mol. The molecule has 6 heteroatoms. The van der Waals surface area contributed by atoms with Gasteiger partial charge in [0.1, 0.15) is 16.6 Å². The summed E-state index contributed by atoms with van der Waals surface area (Å²) in [6.07, 6.45) is 0.947. The lowest BCUT2D eigenvalue weighted by atomic mass is 10.3. The second-order valence-corrected chi connectivity index (χ2v) is 3.82. The Morgan fingerprint density at radius 2 is 2.33 bits per heavy atom. The van der Waals surface area contributed by atoms with Gasteiger partial charge in [-0.2, -0.15) is 9.64 Å². The summed E-state index contributed by atoms with van der Waals surface area (Å²) in [6, 6.07) is 2.04. The standard InChI is InChI=1S/C9H14N4OS/c1-2-3-13(4-5-14)9-7(6-10)8(11)12-15-9/h14H,2-5H2,1H3,(H2,11,12). The van der Waals surface area contributed by atoms with Crippen molar-refractivity contribution in [1.29, 1.82) is 5.26 Å². The molecule has 0 saturated carbocycles. The first-order valence-electron chi connectivity index (χ1n) is 4.75. The Kier molecular flexibility index (Phi) is 4.34. The molecule has 3 N–H and O–H groups in total. The van der Waals surface area contributed by atoms with Crippen LogP contribution in [0.15, 0.2) is 0 Å². The van der Waals surface area contributed by atoms with Crippen molar-refractivity contribution in [2.45, 2.75) is 13.3 Å². The number of anilines is 2. The highest BCUT2D eigenvalue weighted by Crippen LogP contribution is 2.29. The van der Waals surface area contributed by atoms with Crippen LogP contribution in [0.1, 0.15) is 18.9 Å². The number of aliphatic hydroxyl groups excluding tert-OH is 1. The normalized spacial score (nSPS) is 9.93. The van der Waals surface area contributed by atoms with E-state index < -0.39 is 0 Å². The van der Waals surface area contributed by atoms with Gasteiger partial charge in [0.05, 0.1) is 6.61 Å². The molecule has 0 atom stereocenters. The fourth-order valence-corrected chi connectivity index (χ4v) is 2.14. The van der Waals surface area contributed by atoms with E-state index in [-0.39, 0.29) is 12.4 Å². The van der Waals surface area contributed by atoms with Gasteiger partial charge in [0.2, 0.25) is 0 Å². The maximum Gasteiger partial charge on any atom is 0.157 e. The predicted octanol–water partition coefficient (Wildman–Crippen LogP) is 0.806. The largest absolute Gasteiger partial charge is 0.395 e. The molecule has 0 unspecified atom stereocenters. The zero-order chi connectivity index (χ0) is 11.3. The van der Waals surface area contributed by atoms with Crippen LogP contribution in [-0.4, -0.2) is 29.2 Å². The van der Waals surface area contributed by atoms with Gasteiger partial charge in [-0.15, -0.1) is 0 Å². The van der Waals surface area contributed by atoms with Gasteiger partial charge >= 0.3 is 0 Å². The van der Waals surface area contributed by atoms with Crippen molar-refractivity contribution < 1.29 is 5.11 Å². The average Bonchev–Trinajstić information content (AvgIpc) is 2.59. The topological polar surface area (TPSA) is 86.2 Å². The Morgan fingerprint density at radius 3 is 2.87 bits per heavy atom. The molecule has 5 nitrogen and oxygen atoms in total. The van der Waals surface area contributed by atoms with Crippen LogP contribution in [-0.2, 0) is 0 Å². The van der Waals surface area contributed by atoms with Gasteiger partial charge in [-0.3, -0.25) is 0 Å². The Morgan fingerprint density at radius 1 is 1.60 bits per heavy atom. The number of nitriles is 1. The first kappa shape index (κ1) is 11.8. The highest BCUT2D eigenvalue weighted by Gasteiger charge is 2.16. The third-order valence-corrected chi connectivity index (χ3v) is 2.89. The zero-order valence-electron chi connectivity index (χ0n) is 8.60. The number of aromatic nitrogens is 1. The minimum absolute atomic E-state index is 0.0582. The van der Waals surface area contributed by atoms with Gasteiger partial charge in [-0.1, -0.05) is 6.92 Å². The minimum Gasteiger partial charge on any atom is -0.395 e. The molecular formula is C9H14N4OS. The van der Waals surface area contributed by atoms with Crippen LogP contribution in [0.2, 0.25) is 0 Å². The Labute approximate surface area is 92.9 Å². The van der Waals surface area contributed by atoms with E-state index in [1.807, 2.05) is 17.9 Å². The first-order valence-corrected chi connectivity index (χ1v) is 5.53. The van der Waals surface area contributed by atoms with Gasteiger partial charge in [-0.25, -0.2) is 0 Å². The summed E-state index contributed by atoms with van der Waals surface area (Å²) in [5.41, 5.74) is 5.99. The van der Waals surface area contributed by atoms with Gasteiger partial charge in [0.15, 0.2) is 5.82 Å². The van der Waals surface area contributed by atoms with Crippen molar-refractivity contribution in [3.8, 4) is 6.07 Å². The number of hydrogen-bond acceptors (Lipinski definition) is 6. The van der Waals surface area contributed by atoms with Crippen LogP contribution >= 0.6 is 11.5 Å². The highest BCUT2D eigenvalue weighted by molar-refractivity contribution is 7.10. The number of nitrogens with two attached hydrogens (primary N) is 1. The van der Waals surface area contributed by atoms with Crippen molar-refractivity contribution in [2.75, 3.05) is 30.3 Å². The lowest BCUT2D eigenvalue weighted by Crippen LogP contribution is -2.27. The molecule has 0 aromatic carbocycles. The molecule has 1 rings (SSSR count). The number of nitrogens with zero attached hydrogens (tertiary/aromatic N) is 3. The van der Waals surface area contributed by atoms with E-state index in [2.05, 4.69) is 4.37 Å². The second-order valence-electron chi connectivity index (χ2n) is 3.07. The smallest absolute Gasteiger partial charge is 0.157 e. The maximum absolute atomic E-state index is 8.92. The number of nitrogen functional groups attached to an aromatic ring is 1. The van der Waals surface area contributed by atoms with Crippen LogP contribution in [0, 0.1) is 11.3 Å². The van der Waals surface area contributed by atoms with E-state index in [9.17, 15) is 0 Å². The molecule has 0 bridgehead atoms. The summed E-state index contributed by atoms with van der Waals surface area (Å²) in [6.45, 7) is 3.39. The van der Waals surface area contributed by atoms with E-state index in [4.69, 9.17) is 16.1 Å². The quantitative estimate of drug-likeness (QED) is 0.775. The van der Waals surface area contributed by atoms with Gasteiger partial charge in [0, 0.05) is 13.1 Å². The molecule has 0 aliphatic rings. The molecule has 0 spiro atoms. The molecule has 0 fully saturated rings. The number of hydrogen-bond donors (Lipinski definition) is 2. The molecule has 0 aliphatic carbocycles. The van der Waals surface area contributed by atoms with Crippen LogP contribution in [0.25, 0.3) is 0 Å². The van der Waals surface area contributed by atoms with Gasteiger partial charge in [0.25, 0.3) is 0 Å². The number of aliphatic hydroxyl groups is 1. The van der Waals surface area contributed by atoms with Crippen LogP contribution in [0.4, 0.5) is 10.8 Å². The molecule has 15 heavy (non-hydrogen) atoms. The molecular weight excluding hydrogens is 212 g/mol. The fourth-order valence-electron chi connectivity index (χ4n) is 1.32. The summed E-state index contributed by atoms with van der Waals surface area (Å²) in [5, 5.41) is 18.6. The maximum atomic E-state index is 8.92. The summed E-state index contributed by atoms with van der Waals surface area (Å²) in [4.78, 5) is 1.94. The lowest BCUT2D eigenvalue weighted by Gasteiger charge is -2.20. The number of rotatable bonds is 5. The molecule has 82 valence electrons. The van der Waals surface area contributed by atoms with Crippen LogP contribution in [0.5, 0.6) is 0 Å². The Bertz CT molecular complexity index is 351. The van der Waals surface area contributed by atoms with Crippen LogP contribution < -0.4 is 10.6 Å². The second kappa shape index (κ2) is 5.53. The van der Waals surface area contributed by atoms with Gasteiger partial charge in [-0.05, 0) is 18.0 Å². The van der Waals surface area contributed by atoms with E-state index in [0.29, 0.717) is 12.1 Å². The minimum atomic E-state index is 0.0582. The van der Waals surface area contributed by atoms with Crippen molar-refractivity contribution in [3.05, 3.63) is 5.56 Å². The van der Waals surface area contributed by atoms with E-state index >= 15 is 0 Å². The predicted molar refractivity (Wildman–Crippen MR) is 60.8 cm³/mol. The molecule has 1 aromatic heterocycles. The highest BCUT2D eigenvalue weighted by atomic mass is 32.1. The third kappa shape index (κ3) is 2.58. The summed E-state index contributed by atoms with van der Waals surface area (Å²) >= 11 is 1.21. The van der Waals surface area contributed by atoms with E-state index in [0.717, 1.165) is 18.0 Å². The fraction of sp³-hybridized carbons (Fsp3) is 0.556. The molecule has 0 amide bonds. The SMILES string of the molecule is CCCN(CCO)c1snc(N)c1C#N. The van der Waals surface area contributed by atoms with Crippen molar-refractivity contribution in [1.82, 2.24) is 4.37 Å². The summed E-state index contributed by atoms with van der Waals surface area (Å²) < 4.78 is 3.95. The van der Waals surface area contributed by atoms with E-state index in [1.165, 1.54) is 11.5 Å². The van der Waals surface area contributed by atoms with Crippen molar-refractivity contribution >= 4 is 22.4 Å². The molecule has 1 aromatic rings. The zero-order valence-corrected chi connectivity index (χ0v) is 9.42. The molecule has 0 radical (unpaired) electrons.